The molecule has 0 aromatic carbocycles. The molecular formula is C17H35N3O2. The van der Waals surface area contributed by atoms with Gasteiger partial charge < -0.3 is 10.1 Å². The molecule has 0 aromatic rings. The van der Waals surface area contributed by atoms with Crippen molar-refractivity contribution in [3.05, 3.63) is 0 Å². The van der Waals surface area contributed by atoms with Crippen LogP contribution in [0.5, 0.6) is 0 Å². The number of rotatable bonds is 6. The van der Waals surface area contributed by atoms with E-state index in [1.807, 2.05) is 0 Å². The first-order chi connectivity index (χ1) is 10.1. The number of carbonyl (C=O) groups excluding carboxylic acids is 1. The maximum Gasteiger partial charge on any atom is 0.234 e. The van der Waals surface area contributed by atoms with Crippen molar-refractivity contribution in [1.29, 1.82) is 0 Å². The van der Waals surface area contributed by atoms with Gasteiger partial charge in [-0.05, 0) is 26.2 Å². The molecule has 5 heteroatoms. The van der Waals surface area contributed by atoms with E-state index >= 15 is 0 Å². The molecule has 0 spiro atoms. The molecule has 0 radical (unpaired) electrons. The first kappa shape index (κ1) is 19.4. The SMILES string of the molecule is CC(C)(C)CNC(=O)CN1CCN(CCOC(C)(C)C)CC1. The molecule has 1 saturated heterocycles. The van der Waals surface area contributed by atoms with Gasteiger partial charge in [0.1, 0.15) is 0 Å². The average molecular weight is 313 g/mol. The van der Waals surface area contributed by atoms with Gasteiger partial charge in [-0.3, -0.25) is 14.6 Å². The Morgan fingerprint density at radius 2 is 1.55 bits per heavy atom. The molecule has 5 nitrogen and oxygen atoms in total. The van der Waals surface area contributed by atoms with Gasteiger partial charge in [-0.15, -0.1) is 0 Å². The molecule has 0 aliphatic carbocycles. The molecule has 22 heavy (non-hydrogen) atoms. The molecule has 0 bridgehead atoms. The molecule has 1 aliphatic heterocycles. The fourth-order valence-electron chi connectivity index (χ4n) is 2.27. The largest absolute Gasteiger partial charge is 0.375 e. The number of hydrogen-bond donors (Lipinski definition) is 1. The van der Waals surface area contributed by atoms with E-state index in [2.05, 4.69) is 56.7 Å². The molecular weight excluding hydrogens is 278 g/mol. The highest BCUT2D eigenvalue weighted by Crippen LogP contribution is 2.10. The maximum atomic E-state index is 11.9. The quantitative estimate of drug-likeness (QED) is 0.809. The van der Waals surface area contributed by atoms with E-state index in [9.17, 15) is 4.79 Å². The van der Waals surface area contributed by atoms with Crippen LogP contribution in [0.4, 0.5) is 0 Å². The van der Waals surface area contributed by atoms with Crippen molar-refractivity contribution in [2.75, 3.05) is 52.4 Å². The van der Waals surface area contributed by atoms with Gasteiger partial charge in [-0.2, -0.15) is 0 Å². The summed E-state index contributed by atoms with van der Waals surface area (Å²) in [5, 5.41) is 3.02. The topological polar surface area (TPSA) is 44.8 Å². The number of nitrogens with one attached hydrogen (secondary N) is 1. The smallest absolute Gasteiger partial charge is 0.234 e. The van der Waals surface area contributed by atoms with Crippen molar-refractivity contribution < 1.29 is 9.53 Å². The highest BCUT2D eigenvalue weighted by Gasteiger charge is 2.20. The fourth-order valence-corrected chi connectivity index (χ4v) is 2.27. The average Bonchev–Trinajstić information content (AvgIpc) is 2.36. The van der Waals surface area contributed by atoms with E-state index in [0.717, 1.165) is 45.9 Å². The molecule has 0 saturated carbocycles. The van der Waals surface area contributed by atoms with Crippen molar-refractivity contribution in [3.63, 3.8) is 0 Å². The highest BCUT2D eigenvalue weighted by atomic mass is 16.5. The lowest BCUT2D eigenvalue weighted by molar-refractivity contribution is -0.123. The van der Waals surface area contributed by atoms with Crippen LogP contribution in [0.15, 0.2) is 0 Å². The molecule has 1 N–H and O–H groups in total. The molecule has 130 valence electrons. The fraction of sp³-hybridized carbons (Fsp3) is 0.941. The van der Waals surface area contributed by atoms with E-state index in [1.165, 1.54) is 0 Å². The minimum Gasteiger partial charge on any atom is -0.375 e. The third kappa shape index (κ3) is 9.38. The van der Waals surface area contributed by atoms with Gasteiger partial charge >= 0.3 is 0 Å². The van der Waals surface area contributed by atoms with E-state index in [1.54, 1.807) is 0 Å². The summed E-state index contributed by atoms with van der Waals surface area (Å²) in [5.74, 6) is 0.138. The Hall–Kier alpha value is -0.650. The molecule has 1 rings (SSSR count). The van der Waals surface area contributed by atoms with Crippen LogP contribution in [0.2, 0.25) is 0 Å². The Labute approximate surface area is 136 Å². The van der Waals surface area contributed by atoms with Crippen LogP contribution in [0.3, 0.4) is 0 Å². The van der Waals surface area contributed by atoms with Crippen LogP contribution < -0.4 is 5.32 Å². The van der Waals surface area contributed by atoms with Crippen molar-refractivity contribution in [2.24, 2.45) is 5.41 Å². The van der Waals surface area contributed by atoms with Crippen molar-refractivity contribution in [1.82, 2.24) is 15.1 Å². The van der Waals surface area contributed by atoms with Crippen LogP contribution in [-0.2, 0) is 9.53 Å². The summed E-state index contributed by atoms with van der Waals surface area (Å²) >= 11 is 0. The molecule has 1 fully saturated rings. The zero-order valence-electron chi connectivity index (χ0n) is 15.4. The lowest BCUT2D eigenvalue weighted by Gasteiger charge is -2.34. The van der Waals surface area contributed by atoms with Crippen LogP contribution in [0.25, 0.3) is 0 Å². The Balaban J connectivity index is 2.16. The molecule has 0 atom stereocenters. The third-order valence-electron chi connectivity index (χ3n) is 3.59. The summed E-state index contributed by atoms with van der Waals surface area (Å²) in [4.78, 5) is 16.6. The monoisotopic (exact) mass is 313 g/mol. The number of piperazine rings is 1. The number of nitrogens with zero attached hydrogens (tertiary/aromatic N) is 2. The highest BCUT2D eigenvalue weighted by molar-refractivity contribution is 5.78. The maximum absolute atomic E-state index is 11.9. The lowest BCUT2D eigenvalue weighted by atomic mass is 9.97. The van der Waals surface area contributed by atoms with E-state index in [4.69, 9.17) is 4.74 Å². The van der Waals surface area contributed by atoms with Crippen LogP contribution in [-0.4, -0.2) is 73.7 Å². The first-order valence-corrected chi connectivity index (χ1v) is 8.40. The predicted molar refractivity (Wildman–Crippen MR) is 91.0 cm³/mol. The second-order valence-electron chi connectivity index (χ2n) is 8.42. The Morgan fingerprint density at radius 1 is 1.00 bits per heavy atom. The van der Waals surface area contributed by atoms with Gasteiger partial charge in [-0.25, -0.2) is 0 Å². The van der Waals surface area contributed by atoms with Crippen molar-refractivity contribution >= 4 is 5.91 Å². The van der Waals surface area contributed by atoms with Gasteiger partial charge in [0.15, 0.2) is 0 Å². The van der Waals surface area contributed by atoms with Crippen molar-refractivity contribution in [3.8, 4) is 0 Å². The van der Waals surface area contributed by atoms with Gasteiger partial charge in [-0.1, -0.05) is 20.8 Å². The second-order valence-corrected chi connectivity index (χ2v) is 8.42. The molecule has 1 aliphatic rings. The zero-order chi connectivity index (χ0) is 16.8. The second kappa shape index (κ2) is 8.27. The van der Waals surface area contributed by atoms with E-state index in [0.29, 0.717) is 6.54 Å². The Kier molecular flexibility index (Phi) is 7.29. The number of amides is 1. The van der Waals surface area contributed by atoms with E-state index < -0.39 is 0 Å². The minimum atomic E-state index is -0.0625. The van der Waals surface area contributed by atoms with Crippen LogP contribution in [0, 0.1) is 5.41 Å². The normalized spacial score (nSPS) is 18.5. The van der Waals surface area contributed by atoms with Crippen molar-refractivity contribution in [2.45, 2.75) is 47.1 Å². The summed E-state index contributed by atoms with van der Waals surface area (Å²) in [5.41, 5.74) is 0.0778. The van der Waals surface area contributed by atoms with Crippen LogP contribution in [0.1, 0.15) is 41.5 Å². The predicted octanol–water partition coefficient (Wildman–Crippen LogP) is 1.58. The lowest BCUT2D eigenvalue weighted by Crippen LogP contribution is -2.50. The number of ether oxygens (including phenoxy) is 1. The Bertz CT molecular complexity index is 337. The standard InChI is InChI=1S/C17H35N3O2/c1-16(2,3)14-18-15(21)13-20-9-7-19(8-10-20)11-12-22-17(4,5)6/h7-14H2,1-6H3,(H,18,21). The van der Waals surface area contributed by atoms with Gasteiger partial charge in [0.2, 0.25) is 5.91 Å². The van der Waals surface area contributed by atoms with Gasteiger partial charge in [0.05, 0.1) is 18.8 Å². The van der Waals surface area contributed by atoms with Gasteiger partial charge in [0, 0.05) is 39.3 Å². The number of hydrogen-bond acceptors (Lipinski definition) is 4. The molecule has 0 unspecified atom stereocenters. The molecule has 1 heterocycles. The Morgan fingerprint density at radius 3 is 2.05 bits per heavy atom. The zero-order valence-corrected chi connectivity index (χ0v) is 15.4. The van der Waals surface area contributed by atoms with E-state index in [-0.39, 0.29) is 16.9 Å². The summed E-state index contributed by atoms with van der Waals surface area (Å²) in [6.07, 6.45) is 0. The number of carbonyl (C=O) groups is 1. The third-order valence-corrected chi connectivity index (χ3v) is 3.59. The minimum absolute atomic E-state index is 0.0625. The molecule has 1 amide bonds. The summed E-state index contributed by atoms with van der Waals surface area (Å²) in [6, 6.07) is 0. The summed E-state index contributed by atoms with van der Waals surface area (Å²) in [6.45, 7) is 19.6. The molecule has 0 aromatic heterocycles. The first-order valence-electron chi connectivity index (χ1n) is 8.40. The summed E-state index contributed by atoms with van der Waals surface area (Å²) < 4.78 is 5.77. The van der Waals surface area contributed by atoms with Crippen LogP contribution >= 0.6 is 0 Å². The van der Waals surface area contributed by atoms with Gasteiger partial charge in [0.25, 0.3) is 0 Å². The summed E-state index contributed by atoms with van der Waals surface area (Å²) in [7, 11) is 0.